The van der Waals surface area contributed by atoms with E-state index in [1.807, 2.05) is 44.2 Å². The number of carbonyl (C=O) groups excluding carboxylic acids is 1. The van der Waals surface area contributed by atoms with Crippen LogP contribution >= 0.6 is 27.3 Å². The number of aryl methyl sites for hydroxylation is 1. The van der Waals surface area contributed by atoms with Crippen molar-refractivity contribution < 1.29 is 18.7 Å². The van der Waals surface area contributed by atoms with Crippen molar-refractivity contribution in [3.63, 3.8) is 0 Å². The maximum absolute atomic E-state index is 13.7. The van der Waals surface area contributed by atoms with Crippen LogP contribution < -0.4 is 19.6 Å². The van der Waals surface area contributed by atoms with E-state index in [4.69, 9.17) is 18.9 Å². The molecule has 0 unspecified atom stereocenters. The second-order valence-corrected chi connectivity index (χ2v) is 9.67. The van der Waals surface area contributed by atoms with Gasteiger partial charge in [0.05, 0.1) is 29.5 Å². The molecule has 3 aromatic rings. The highest BCUT2D eigenvalue weighted by atomic mass is 79.9. The molecule has 1 atom stereocenters. The number of ether oxygens (including phenoxy) is 2. The number of allylic oxidation sites excluding steroid dienone is 1. The first-order valence-electron chi connectivity index (χ1n) is 11.0. The summed E-state index contributed by atoms with van der Waals surface area (Å²) < 4.78 is 19.5. The Morgan fingerprint density at radius 3 is 2.74 bits per heavy atom. The van der Waals surface area contributed by atoms with E-state index < -0.39 is 12.0 Å². The number of thiazole rings is 1. The third-order valence-corrected chi connectivity index (χ3v) is 6.89. The predicted molar refractivity (Wildman–Crippen MR) is 134 cm³/mol. The first-order valence-corrected chi connectivity index (χ1v) is 12.6. The van der Waals surface area contributed by atoms with Gasteiger partial charge in [-0.15, -0.1) is 0 Å². The summed E-state index contributed by atoms with van der Waals surface area (Å²) >= 11 is 4.79. The molecule has 0 radical (unpaired) electrons. The molecule has 3 heterocycles. The molecular weight excluding hydrogens is 520 g/mol. The number of furan rings is 1. The Balaban J connectivity index is 2.05. The molecule has 0 bridgehead atoms. The highest BCUT2D eigenvalue weighted by Gasteiger charge is 2.36. The van der Waals surface area contributed by atoms with E-state index >= 15 is 0 Å². The highest BCUT2D eigenvalue weighted by molar-refractivity contribution is 9.10. The first-order chi connectivity index (χ1) is 16.4. The number of benzene rings is 1. The molecule has 1 aliphatic rings. The number of nitrogens with zero attached hydrogens (tertiary/aromatic N) is 2. The van der Waals surface area contributed by atoms with Crippen molar-refractivity contribution in [1.29, 1.82) is 0 Å². The summed E-state index contributed by atoms with van der Waals surface area (Å²) in [5, 5.41) is 0. The Morgan fingerprint density at radius 1 is 1.29 bits per heavy atom. The average molecular weight is 545 g/mol. The smallest absolute Gasteiger partial charge is 0.338 e. The quantitative estimate of drug-likeness (QED) is 0.415. The fraction of sp³-hybridized carbons (Fsp3) is 0.320. The molecule has 0 saturated heterocycles. The van der Waals surface area contributed by atoms with Crippen LogP contribution in [0.2, 0.25) is 0 Å². The van der Waals surface area contributed by atoms with Crippen LogP contribution in [0.4, 0.5) is 0 Å². The van der Waals surface area contributed by atoms with Gasteiger partial charge in [-0.1, -0.05) is 40.6 Å². The van der Waals surface area contributed by atoms with Crippen LogP contribution in [0.5, 0.6) is 5.75 Å². The maximum atomic E-state index is 13.7. The molecule has 4 rings (SSSR count). The van der Waals surface area contributed by atoms with Crippen LogP contribution in [0.15, 0.2) is 60.3 Å². The zero-order valence-corrected chi connectivity index (χ0v) is 21.8. The molecule has 34 heavy (non-hydrogen) atoms. The van der Waals surface area contributed by atoms with Crippen LogP contribution in [0.25, 0.3) is 6.08 Å². The molecule has 0 spiro atoms. The minimum Gasteiger partial charge on any atom is -0.496 e. The van der Waals surface area contributed by atoms with E-state index in [9.17, 15) is 9.59 Å². The van der Waals surface area contributed by atoms with E-state index in [-0.39, 0.29) is 12.2 Å². The molecule has 7 nitrogen and oxygen atoms in total. The van der Waals surface area contributed by atoms with Crippen molar-refractivity contribution in [3.05, 3.63) is 82.8 Å². The van der Waals surface area contributed by atoms with Gasteiger partial charge in [0.15, 0.2) is 4.80 Å². The zero-order valence-electron chi connectivity index (χ0n) is 19.4. The third kappa shape index (κ3) is 4.54. The molecule has 0 fully saturated rings. The number of esters is 1. The Kier molecular flexibility index (Phi) is 7.23. The van der Waals surface area contributed by atoms with E-state index in [1.165, 1.54) is 11.3 Å². The lowest BCUT2D eigenvalue weighted by atomic mass is 9.93. The van der Waals surface area contributed by atoms with Crippen molar-refractivity contribution in [2.24, 2.45) is 4.99 Å². The number of carbonyl (C=O) groups is 1. The number of fused-ring (bicyclic) bond motifs is 1. The van der Waals surface area contributed by atoms with Gasteiger partial charge in [-0.25, -0.2) is 9.79 Å². The molecular formula is C25H25BrN2O5S. The first kappa shape index (κ1) is 24.2. The Bertz CT molecular complexity index is 1450. The Morgan fingerprint density at radius 2 is 2.09 bits per heavy atom. The number of rotatable bonds is 7. The van der Waals surface area contributed by atoms with E-state index in [2.05, 4.69) is 15.9 Å². The minimum absolute atomic E-state index is 0.215. The molecule has 0 aliphatic carbocycles. The largest absolute Gasteiger partial charge is 0.496 e. The van der Waals surface area contributed by atoms with Gasteiger partial charge in [0.25, 0.3) is 5.56 Å². The highest BCUT2D eigenvalue weighted by Crippen LogP contribution is 2.38. The standard InChI is InChI=1S/C25H25BrN2O5S/c1-5-7-18-21(24(30)32-6-2)22(17-12-15(26)9-11-19(17)31-4)28-23(29)20(34-25(28)27-18)13-16-10-8-14(3)33-16/h8-13,22H,5-7H2,1-4H3/b20-13+/t22-/m0/s1. The number of methoxy groups -OCH3 is 1. The van der Waals surface area contributed by atoms with Crippen LogP contribution in [-0.4, -0.2) is 24.3 Å². The average Bonchev–Trinajstić information content (AvgIpc) is 3.35. The van der Waals surface area contributed by atoms with Crippen LogP contribution in [0, 0.1) is 6.92 Å². The lowest BCUT2D eigenvalue weighted by molar-refractivity contribution is -0.139. The van der Waals surface area contributed by atoms with Crippen molar-refractivity contribution in [3.8, 4) is 5.75 Å². The minimum atomic E-state index is -0.746. The van der Waals surface area contributed by atoms with E-state index in [1.54, 1.807) is 24.7 Å². The molecule has 9 heteroatoms. The van der Waals surface area contributed by atoms with Crippen molar-refractivity contribution >= 4 is 39.3 Å². The summed E-state index contributed by atoms with van der Waals surface area (Å²) in [5.41, 5.74) is 1.38. The van der Waals surface area contributed by atoms with E-state index in [0.29, 0.717) is 44.1 Å². The number of hydrogen-bond donors (Lipinski definition) is 0. The van der Waals surface area contributed by atoms with Gasteiger partial charge in [-0.3, -0.25) is 9.36 Å². The third-order valence-electron chi connectivity index (χ3n) is 5.41. The molecule has 2 aromatic heterocycles. The van der Waals surface area contributed by atoms with Gasteiger partial charge in [-0.05, 0) is 50.6 Å². The number of aromatic nitrogens is 1. The SMILES string of the molecule is CCCC1=C(C(=O)OCC)[C@H](c2cc(Br)ccc2OC)n2c(s/c(=C/c3ccc(C)o3)c2=O)=N1. The summed E-state index contributed by atoms with van der Waals surface area (Å²) in [6.45, 7) is 5.84. The van der Waals surface area contributed by atoms with Crippen molar-refractivity contribution in [1.82, 2.24) is 4.57 Å². The van der Waals surface area contributed by atoms with Gasteiger partial charge in [0.2, 0.25) is 0 Å². The molecule has 0 saturated carbocycles. The van der Waals surface area contributed by atoms with Crippen LogP contribution in [0.1, 0.15) is 49.8 Å². The molecule has 0 amide bonds. The predicted octanol–water partition coefficient (Wildman–Crippen LogP) is 4.25. The van der Waals surface area contributed by atoms with Crippen LogP contribution in [-0.2, 0) is 9.53 Å². The summed E-state index contributed by atoms with van der Waals surface area (Å²) in [5.74, 6) is 1.41. The van der Waals surface area contributed by atoms with Gasteiger partial charge in [0.1, 0.15) is 23.3 Å². The number of hydrogen-bond acceptors (Lipinski definition) is 7. The summed E-state index contributed by atoms with van der Waals surface area (Å²) in [6.07, 6.45) is 3.06. The van der Waals surface area contributed by atoms with Crippen LogP contribution in [0.3, 0.4) is 0 Å². The van der Waals surface area contributed by atoms with E-state index in [0.717, 1.165) is 16.7 Å². The second-order valence-electron chi connectivity index (χ2n) is 7.75. The topological polar surface area (TPSA) is 83.0 Å². The fourth-order valence-electron chi connectivity index (χ4n) is 3.99. The normalized spacial score (nSPS) is 15.8. The molecule has 1 aliphatic heterocycles. The van der Waals surface area contributed by atoms with Crippen molar-refractivity contribution in [2.75, 3.05) is 13.7 Å². The summed E-state index contributed by atoms with van der Waals surface area (Å²) in [7, 11) is 1.57. The van der Waals surface area contributed by atoms with Gasteiger partial charge in [0, 0.05) is 16.1 Å². The van der Waals surface area contributed by atoms with Gasteiger partial charge < -0.3 is 13.9 Å². The lowest BCUT2D eigenvalue weighted by Crippen LogP contribution is -2.40. The van der Waals surface area contributed by atoms with Gasteiger partial charge >= 0.3 is 5.97 Å². The maximum Gasteiger partial charge on any atom is 0.338 e. The Labute approximate surface area is 209 Å². The lowest BCUT2D eigenvalue weighted by Gasteiger charge is -2.27. The van der Waals surface area contributed by atoms with Gasteiger partial charge in [-0.2, -0.15) is 0 Å². The molecule has 1 aromatic carbocycles. The number of halogens is 1. The molecule has 0 N–H and O–H groups in total. The Hall–Kier alpha value is -2.91. The fourth-order valence-corrected chi connectivity index (χ4v) is 5.37. The summed E-state index contributed by atoms with van der Waals surface area (Å²) in [4.78, 5) is 32.2. The zero-order chi connectivity index (χ0) is 24.4. The monoisotopic (exact) mass is 544 g/mol. The second kappa shape index (κ2) is 10.1. The van der Waals surface area contributed by atoms with Crippen molar-refractivity contribution in [2.45, 2.75) is 39.7 Å². The summed E-state index contributed by atoms with van der Waals surface area (Å²) in [6, 6.07) is 8.44. The molecule has 178 valence electrons.